The highest BCUT2D eigenvalue weighted by Crippen LogP contribution is 2.27. The van der Waals surface area contributed by atoms with E-state index in [2.05, 4.69) is 25.0 Å². The Bertz CT molecular complexity index is 1060. The number of nitrogens with one attached hydrogen (secondary N) is 1. The molecule has 5 nitrogen and oxygen atoms in total. The van der Waals surface area contributed by atoms with Crippen molar-refractivity contribution in [3.8, 4) is 28.5 Å². The standard InChI is InChI=1S/C22H15F3N4O/c23-22(24,25)30-17-11-9-16(10-12-17)27-20-14-19(18-8-4-5-13-26-18)28-21(29-20)15-6-2-1-3-7-15/h1-14H,(H,27,28,29). The van der Waals surface area contributed by atoms with Crippen LogP contribution in [0.4, 0.5) is 24.7 Å². The van der Waals surface area contributed by atoms with Crippen molar-refractivity contribution in [2.75, 3.05) is 5.32 Å². The Kier molecular flexibility index (Phi) is 5.30. The molecule has 30 heavy (non-hydrogen) atoms. The summed E-state index contributed by atoms with van der Waals surface area (Å²) in [6, 6.07) is 22.1. The van der Waals surface area contributed by atoms with Gasteiger partial charge in [0, 0.05) is 23.5 Å². The van der Waals surface area contributed by atoms with Crippen molar-refractivity contribution < 1.29 is 17.9 Å². The van der Waals surface area contributed by atoms with E-state index >= 15 is 0 Å². The Morgan fingerprint density at radius 2 is 1.50 bits per heavy atom. The topological polar surface area (TPSA) is 59.9 Å². The Hall–Kier alpha value is -3.94. The van der Waals surface area contributed by atoms with Gasteiger partial charge in [-0.2, -0.15) is 0 Å². The normalized spacial score (nSPS) is 11.2. The molecule has 2 aromatic carbocycles. The van der Waals surface area contributed by atoms with Gasteiger partial charge in [-0.15, -0.1) is 13.2 Å². The molecule has 0 radical (unpaired) electrons. The highest BCUT2D eigenvalue weighted by atomic mass is 19.4. The van der Waals surface area contributed by atoms with E-state index < -0.39 is 6.36 Å². The minimum Gasteiger partial charge on any atom is -0.406 e. The molecule has 8 heteroatoms. The third kappa shape index (κ3) is 4.91. The number of ether oxygens (including phenoxy) is 1. The summed E-state index contributed by atoms with van der Waals surface area (Å²) in [5.41, 5.74) is 2.67. The molecule has 0 atom stereocenters. The quantitative estimate of drug-likeness (QED) is 0.449. The van der Waals surface area contributed by atoms with Gasteiger partial charge < -0.3 is 10.1 Å². The smallest absolute Gasteiger partial charge is 0.406 e. The first-order valence-corrected chi connectivity index (χ1v) is 8.95. The predicted molar refractivity (Wildman–Crippen MR) is 107 cm³/mol. The number of rotatable bonds is 5. The lowest BCUT2D eigenvalue weighted by Crippen LogP contribution is -2.16. The van der Waals surface area contributed by atoms with Crippen molar-refractivity contribution in [1.82, 2.24) is 15.0 Å². The molecule has 0 fully saturated rings. The fourth-order valence-corrected chi connectivity index (χ4v) is 2.76. The zero-order chi connectivity index (χ0) is 21.0. The molecule has 0 amide bonds. The van der Waals surface area contributed by atoms with Crippen molar-refractivity contribution in [3.05, 3.63) is 85.1 Å². The van der Waals surface area contributed by atoms with Crippen LogP contribution >= 0.6 is 0 Å². The van der Waals surface area contributed by atoms with Gasteiger partial charge >= 0.3 is 6.36 Å². The van der Waals surface area contributed by atoms with E-state index in [-0.39, 0.29) is 5.75 Å². The zero-order valence-electron chi connectivity index (χ0n) is 15.5. The molecule has 4 aromatic rings. The number of halogens is 3. The van der Waals surface area contributed by atoms with Gasteiger partial charge in [0.25, 0.3) is 0 Å². The Balaban J connectivity index is 1.67. The van der Waals surface area contributed by atoms with Gasteiger partial charge in [-0.25, -0.2) is 9.97 Å². The van der Waals surface area contributed by atoms with Gasteiger partial charge in [0.05, 0.1) is 11.4 Å². The Morgan fingerprint density at radius 3 is 2.17 bits per heavy atom. The average Bonchev–Trinajstić information content (AvgIpc) is 2.75. The molecule has 0 bridgehead atoms. The molecule has 1 N–H and O–H groups in total. The van der Waals surface area contributed by atoms with Crippen molar-refractivity contribution in [3.63, 3.8) is 0 Å². The van der Waals surface area contributed by atoms with Crippen LogP contribution in [0.15, 0.2) is 85.1 Å². The number of hydrogen-bond acceptors (Lipinski definition) is 5. The summed E-state index contributed by atoms with van der Waals surface area (Å²) in [6.45, 7) is 0. The molecule has 2 aromatic heterocycles. The fourth-order valence-electron chi connectivity index (χ4n) is 2.76. The van der Waals surface area contributed by atoms with Gasteiger partial charge in [0.15, 0.2) is 5.82 Å². The lowest BCUT2D eigenvalue weighted by atomic mass is 10.2. The molecule has 0 aliphatic carbocycles. The summed E-state index contributed by atoms with van der Waals surface area (Å²) in [5.74, 6) is 0.683. The van der Waals surface area contributed by atoms with Crippen LogP contribution in [0.5, 0.6) is 5.75 Å². The van der Waals surface area contributed by atoms with Crippen LogP contribution < -0.4 is 10.1 Å². The number of benzene rings is 2. The van der Waals surface area contributed by atoms with E-state index in [4.69, 9.17) is 0 Å². The largest absolute Gasteiger partial charge is 0.573 e. The van der Waals surface area contributed by atoms with E-state index in [0.29, 0.717) is 28.7 Å². The summed E-state index contributed by atoms with van der Waals surface area (Å²) >= 11 is 0. The highest BCUT2D eigenvalue weighted by molar-refractivity contribution is 5.68. The van der Waals surface area contributed by atoms with E-state index in [0.717, 1.165) is 5.56 Å². The SMILES string of the molecule is FC(F)(F)Oc1ccc(Nc2cc(-c3ccccn3)nc(-c3ccccc3)n2)cc1. The van der Waals surface area contributed by atoms with Crippen molar-refractivity contribution in [2.24, 2.45) is 0 Å². The fraction of sp³-hybridized carbons (Fsp3) is 0.0455. The number of nitrogens with zero attached hydrogens (tertiary/aromatic N) is 3. The van der Waals surface area contributed by atoms with Gasteiger partial charge in [0.1, 0.15) is 11.6 Å². The first kappa shape index (κ1) is 19.4. The van der Waals surface area contributed by atoms with Crippen LogP contribution in [0, 0.1) is 0 Å². The first-order chi connectivity index (χ1) is 14.5. The lowest BCUT2D eigenvalue weighted by molar-refractivity contribution is -0.274. The second-order valence-corrected chi connectivity index (χ2v) is 6.24. The molecule has 0 aliphatic rings. The second kappa shape index (κ2) is 8.20. The lowest BCUT2D eigenvalue weighted by Gasteiger charge is -2.12. The van der Waals surface area contributed by atoms with Crippen molar-refractivity contribution in [1.29, 1.82) is 0 Å². The van der Waals surface area contributed by atoms with Crippen LogP contribution in [0.25, 0.3) is 22.8 Å². The van der Waals surface area contributed by atoms with E-state index in [1.807, 2.05) is 48.5 Å². The number of hydrogen-bond donors (Lipinski definition) is 1. The van der Waals surface area contributed by atoms with Gasteiger partial charge in [-0.05, 0) is 36.4 Å². The summed E-state index contributed by atoms with van der Waals surface area (Å²) in [6.07, 6.45) is -3.06. The molecule has 0 spiro atoms. The van der Waals surface area contributed by atoms with Crippen LogP contribution in [0.2, 0.25) is 0 Å². The molecule has 0 saturated heterocycles. The van der Waals surface area contributed by atoms with Crippen LogP contribution in [-0.4, -0.2) is 21.3 Å². The maximum atomic E-state index is 12.3. The minimum absolute atomic E-state index is 0.296. The first-order valence-electron chi connectivity index (χ1n) is 8.95. The molecule has 4 rings (SSSR count). The number of aromatic nitrogens is 3. The number of anilines is 2. The summed E-state index contributed by atoms with van der Waals surface area (Å²) in [4.78, 5) is 13.5. The van der Waals surface area contributed by atoms with Gasteiger partial charge in [-0.1, -0.05) is 36.4 Å². The zero-order valence-corrected chi connectivity index (χ0v) is 15.5. The molecule has 0 saturated carbocycles. The van der Waals surface area contributed by atoms with E-state index in [9.17, 15) is 13.2 Å². The summed E-state index contributed by atoms with van der Waals surface area (Å²) in [5, 5.41) is 3.10. The van der Waals surface area contributed by atoms with Gasteiger partial charge in [0.2, 0.25) is 0 Å². The van der Waals surface area contributed by atoms with Crippen LogP contribution in [0.1, 0.15) is 0 Å². The molecule has 0 unspecified atom stereocenters. The monoisotopic (exact) mass is 408 g/mol. The molecule has 150 valence electrons. The maximum Gasteiger partial charge on any atom is 0.573 e. The third-order valence-corrected chi connectivity index (χ3v) is 4.05. The second-order valence-electron chi connectivity index (χ2n) is 6.24. The molecule has 0 aliphatic heterocycles. The van der Waals surface area contributed by atoms with Crippen LogP contribution in [0.3, 0.4) is 0 Å². The van der Waals surface area contributed by atoms with Crippen LogP contribution in [-0.2, 0) is 0 Å². The molecular weight excluding hydrogens is 393 g/mol. The van der Waals surface area contributed by atoms with Crippen molar-refractivity contribution >= 4 is 11.5 Å². The molecule has 2 heterocycles. The summed E-state index contributed by atoms with van der Waals surface area (Å²) in [7, 11) is 0. The molecular formula is C22H15F3N4O. The number of alkyl halides is 3. The highest BCUT2D eigenvalue weighted by Gasteiger charge is 2.30. The Labute approximate surface area is 170 Å². The van der Waals surface area contributed by atoms with E-state index in [1.165, 1.54) is 24.3 Å². The number of pyridine rings is 1. The average molecular weight is 408 g/mol. The minimum atomic E-state index is -4.73. The van der Waals surface area contributed by atoms with Gasteiger partial charge in [-0.3, -0.25) is 4.98 Å². The predicted octanol–water partition coefficient (Wildman–Crippen LogP) is 5.85. The third-order valence-electron chi connectivity index (χ3n) is 4.05. The maximum absolute atomic E-state index is 12.3. The van der Waals surface area contributed by atoms with Crippen molar-refractivity contribution in [2.45, 2.75) is 6.36 Å². The summed E-state index contributed by atoms with van der Waals surface area (Å²) < 4.78 is 40.9. The van der Waals surface area contributed by atoms with E-state index in [1.54, 1.807) is 12.3 Å². The Morgan fingerprint density at radius 1 is 0.767 bits per heavy atom.